The van der Waals surface area contributed by atoms with E-state index >= 15 is 0 Å². The average Bonchev–Trinajstić information content (AvgIpc) is 2.16. The highest BCUT2D eigenvalue weighted by atomic mass is 16.5. The zero-order valence-corrected chi connectivity index (χ0v) is 7.58. The van der Waals surface area contributed by atoms with Crippen LogP contribution in [0.25, 0.3) is 0 Å². The van der Waals surface area contributed by atoms with E-state index in [4.69, 9.17) is 10.00 Å². The number of allylic oxidation sites excluding steroid dienone is 1. The highest BCUT2D eigenvalue weighted by Crippen LogP contribution is 2.33. The van der Waals surface area contributed by atoms with Crippen LogP contribution >= 0.6 is 0 Å². The van der Waals surface area contributed by atoms with Crippen LogP contribution in [-0.2, 0) is 6.42 Å². The van der Waals surface area contributed by atoms with Crippen molar-refractivity contribution in [2.45, 2.75) is 12.8 Å². The third-order valence-corrected chi connectivity index (χ3v) is 2.23. The Morgan fingerprint density at radius 1 is 1.43 bits per heavy atom. The molecule has 0 saturated heterocycles. The van der Waals surface area contributed by atoms with Gasteiger partial charge in [0, 0.05) is 12.5 Å². The Morgan fingerprint density at radius 2 is 2.21 bits per heavy atom. The second kappa shape index (κ2) is 3.08. The molecule has 3 nitrogen and oxygen atoms in total. The van der Waals surface area contributed by atoms with E-state index in [2.05, 4.69) is 6.58 Å². The van der Waals surface area contributed by atoms with Gasteiger partial charge in [0.05, 0.1) is 11.3 Å². The van der Waals surface area contributed by atoms with E-state index in [1.54, 1.807) is 6.07 Å². The van der Waals surface area contributed by atoms with Crippen LogP contribution in [0.4, 0.5) is 0 Å². The molecule has 70 valence electrons. The van der Waals surface area contributed by atoms with Crippen molar-refractivity contribution >= 4 is 0 Å². The minimum absolute atomic E-state index is 0.0408. The Morgan fingerprint density at radius 3 is 2.93 bits per heavy atom. The molecular weight excluding hydrogens is 178 g/mol. The van der Waals surface area contributed by atoms with Crippen molar-refractivity contribution < 1.29 is 9.84 Å². The Balaban J connectivity index is 2.52. The van der Waals surface area contributed by atoms with Gasteiger partial charge in [-0.15, -0.1) is 0 Å². The predicted octanol–water partition coefficient (Wildman–Crippen LogP) is 2.10. The predicted molar refractivity (Wildman–Crippen MR) is 50.9 cm³/mol. The van der Waals surface area contributed by atoms with Crippen LogP contribution in [-0.4, -0.2) is 5.11 Å². The number of phenols is 1. The number of ether oxygens (including phenoxy) is 1. The number of aryl methyl sites for hydroxylation is 1. The summed E-state index contributed by atoms with van der Waals surface area (Å²) in [6, 6.07) is 5.06. The first-order valence-corrected chi connectivity index (χ1v) is 4.32. The number of phenolic OH excluding ortho intramolecular Hbond substituents is 1. The average molecular weight is 187 g/mol. The van der Waals surface area contributed by atoms with Crippen molar-refractivity contribution in [2.75, 3.05) is 0 Å². The summed E-state index contributed by atoms with van der Waals surface area (Å²) >= 11 is 0. The van der Waals surface area contributed by atoms with E-state index in [1.807, 2.05) is 6.07 Å². The molecule has 0 radical (unpaired) electrons. The minimum Gasteiger partial charge on any atom is -0.506 e. The van der Waals surface area contributed by atoms with Gasteiger partial charge < -0.3 is 9.84 Å². The normalized spacial score (nSPS) is 14.1. The second-order valence-electron chi connectivity index (χ2n) is 3.23. The van der Waals surface area contributed by atoms with E-state index in [9.17, 15) is 5.11 Å². The van der Waals surface area contributed by atoms with Crippen molar-refractivity contribution in [3.63, 3.8) is 0 Å². The monoisotopic (exact) mass is 187 g/mol. The molecule has 1 aliphatic rings. The lowest BCUT2D eigenvalue weighted by Gasteiger charge is -2.19. The second-order valence-corrected chi connectivity index (χ2v) is 3.23. The molecular formula is C11H9NO2. The van der Waals surface area contributed by atoms with Crippen LogP contribution in [0.2, 0.25) is 0 Å². The quantitative estimate of drug-likeness (QED) is 0.676. The van der Waals surface area contributed by atoms with Gasteiger partial charge in [0.15, 0.2) is 0 Å². The molecule has 3 heteroatoms. The Bertz CT molecular complexity index is 443. The summed E-state index contributed by atoms with van der Waals surface area (Å²) in [5, 5.41) is 18.1. The first kappa shape index (κ1) is 8.64. The van der Waals surface area contributed by atoms with Gasteiger partial charge in [-0.1, -0.05) is 6.58 Å². The minimum atomic E-state index is -0.0408. The van der Waals surface area contributed by atoms with Crippen molar-refractivity contribution in [3.8, 4) is 17.6 Å². The van der Waals surface area contributed by atoms with Crippen molar-refractivity contribution in [3.05, 3.63) is 35.6 Å². The highest BCUT2D eigenvalue weighted by Gasteiger charge is 2.16. The summed E-state index contributed by atoms with van der Waals surface area (Å²) in [7, 11) is 0. The van der Waals surface area contributed by atoms with Gasteiger partial charge in [-0.25, -0.2) is 0 Å². The largest absolute Gasteiger partial charge is 0.506 e. The number of nitrogens with zero attached hydrogens (tertiary/aromatic N) is 1. The summed E-state index contributed by atoms with van der Waals surface area (Å²) < 4.78 is 5.35. The van der Waals surface area contributed by atoms with E-state index in [0.29, 0.717) is 17.1 Å². The van der Waals surface area contributed by atoms with Gasteiger partial charge >= 0.3 is 0 Å². The summed E-state index contributed by atoms with van der Waals surface area (Å²) in [6.45, 7) is 3.72. The van der Waals surface area contributed by atoms with Crippen LogP contribution in [0, 0.1) is 11.3 Å². The molecule has 0 atom stereocenters. The molecule has 2 rings (SSSR count). The van der Waals surface area contributed by atoms with Gasteiger partial charge in [-0.05, 0) is 18.1 Å². The molecule has 0 amide bonds. The third-order valence-electron chi connectivity index (χ3n) is 2.23. The zero-order valence-electron chi connectivity index (χ0n) is 7.58. The summed E-state index contributed by atoms with van der Waals surface area (Å²) in [6.07, 6.45) is 1.58. The fraction of sp³-hybridized carbons (Fsp3) is 0.182. The van der Waals surface area contributed by atoms with E-state index in [0.717, 1.165) is 18.4 Å². The number of hydrogen-bond donors (Lipinski definition) is 1. The van der Waals surface area contributed by atoms with Crippen LogP contribution in [0.15, 0.2) is 24.5 Å². The number of rotatable bonds is 0. The Kier molecular flexibility index (Phi) is 1.90. The SMILES string of the molecule is C=C1CCc2cc(C#N)c(O)cc2O1. The molecule has 14 heavy (non-hydrogen) atoms. The lowest BCUT2D eigenvalue weighted by atomic mass is 10.0. The first-order valence-electron chi connectivity index (χ1n) is 4.32. The molecule has 0 unspecified atom stereocenters. The van der Waals surface area contributed by atoms with Crippen molar-refractivity contribution in [1.82, 2.24) is 0 Å². The molecule has 1 aromatic rings. The molecule has 0 saturated carbocycles. The van der Waals surface area contributed by atoms with Gasteiger partial charge in [0.2, 0.25) is 0 Å². The van der Waals surface area contributed by atoms with Crippen LogP contribution in [0.1, 0.15) is 17.5 Å². The smallest absolute Gasteiger partial charge is 0.137 e. The van der Waals surface area contributed by atoms with Crippen LogP contribution < -0.4 is 4.74 Å². The lowest BCUT2D eigenvalue weighted by molar-refractivity contribution is 0.376. The number of hydrogen-bond acceptors (Lipinski definition) is 3. The molecule has 1 N–H and O–H groups in total. The van der Waals surface area contributed by atoms with Crippen molar-refractivity contribution in [1.29, 1.82) is 5.26 Å². The lowest BCUT2D eigenvalue weighted by Crippen LogP contribution is -2.05. The molecule has 0 aliphatic carbocycles. The summed E-state index contributed by atoms with van der Waals surface area (Å²) in [5.41, 5.74) is 1.24. The zero-order chi connectivity index (χ0) is 10.1. The van der Waals surface area contributed by atoms with Crippen molar-refractivity contribution in [2.24, 2.45) is 0 Å². The van der Waals surface area contributed by atoms with Crippen LogP contribution in [0.3, 0.4) is 0 Å². The van der Waals surface area contributed by atoms with Gasteiger partial charge in [0.1, 0.15) is 17.6 Å². The van der Waals surface area contributed by atoms with E-state index < -0.39 is 0 Å². The summed E-state index contributed by atoms with van der Waals surface area (Å²) in [5.74, 6) is 1.26. The Labute approximate surface area is 81.9 Å². The number of benzene rings is 1. The maximum Gasteiger partial charge on any atom is 0.137 e. The van der Waals surface area contributed by atoms with E-state index in [1.165, 1.54) is 6.07 Å². The van der Waals surface area contributed by atoms with Gasteiger partial charge in [-0.2, -0.15) is 5.26 Å². The molecule has 1 heterocycles. The first-order chi connectivity index (χ1) is 6.70. The number of nitriles is 1. The highest BCUT2D eigenvalue weighted by molar-refractivity contribution is 5.52. The van der Waals surface area contributed by atoms with E-state index in [-0.39, 0.29) is 5.75 Å². The molecule has 0 spiro atoms. The topological polar surface area (TPSA) is 53.2 Å². The molecule has 0 aromatic heterocycles. The molecule has 0 fully saturated rings. The van der Waals surface area contributed by atoms with Gasteiger partial charge in [-0.3, -0.25) is 0 Å². The molecule has 0 bridgehead atoms. The Hall–Kier alpha value is -1.95. The van der Waals surface area contributed by atoms with Gasteiger partial charge in [0.25, 0.3) is 0 Å². The van der Waals surface area contributed by atoms with Crippen LogP contribution in [0.5, 0.6) is 11.5 Å². The standard InChI is InChI=1S/C11H9NO2/c1-7-2-3-8-4-9(6-12)10(13)5-11(8)14-7/h4-5,13H,1-3H2. The fourth-order valence-electron chi connectivity index (χ4n) is 1.47. The third kappa shape index (κ3) is 1.31. The fourth-order valence-corrected chi connectivity index (χ4v) is 1.47. The maximum absolute atomic E-state index is 9.42. The number of aromatic hydroxyl groups is 1. The molecule has 1 aromatic carbocycles. The summed E-state index contributed by atoms with van der Waals surface area (Å²) in [4.78, 5) is 0. The maximum atomic E-state index is 9.42. The molecule has 1 aliphatic heterocycles. The number of fused-ring (bicyclic) bond motifs is 1.